The molecule has 1 aromatic carbocycles. The number of aliphatic hydroxyl groups is 1. The van der Waals surface area contributed by atoms with Gasteiger partial charge >= 0.3 is 0 Å². The van der Waals surface area contributed by atoms with E-state index in [0.29, 0.717) is 43.2 Å². The Hall–Kier alpha value is -1.83. The van der Waals surface area contributed by atoms with Crippen molar-refractivity contribution in [1.82, 2.24) is 10.2 Å². The maximum Gasteiger partial charge on any atom is 0.264 e. The minimum atomic E-state index is -0.573. The van der Waals surface area contributed by atoms with Crippen LogP contribution >= 0.6 is 12.4 Å². The number of rotatable bonds is 1. The number of anilines is 1. The second-order valence-corrected chi connectivity index (χ2v) is 5.53. The lowest BCUT2D eigenvalue weighted by molar-refractivity contribution is -0.120. The van der Waals surface area contributed by atoms with Crippen LogP contribution in [0.25, 0.3) is 0 Å². The van der Waals surface area contributed by atoms with E-state index in [9.17, 15) is 14.7 Å². The number of likely N-dealkylation sites (N-methyl/N-ethyl adjacent to an activating group) is 1. The van der Waals surface area contributed by atoms with E-state index in [0.717, 1.165) is 0 Å². The van der Waals surface area contributed by atoms with Crippen LogP contribution in [0.1, 0.15) is 10.4 Å². The van der Waals surface area contributed by atoms with Gasteiger partial charge in [-0.1, -0.05) is 0 Å². The standard InChI is InChI=1S/C15H19N3O4.ClH/c1-17-12-6-10(2-3-13(12)22-9-14(17)20)15(21)18-5-4-16-7-11(19)8-18;/h2-3,6,11,16,19H,4-5,7-9H2,1H3;1H. The molecule has 2 aliphatic rings. The highest BCUT2D eigenvalue weighted by atomic mass is 35.5. The van der Waals surface area contributed by atoms with Crippen LogP contribution in [0.3, 0.4) is 0 Å². The number of hydrogen-bond donors (Lipinski definition) is 2. The summed E-state index contributed by atoms with van der Waals surface area (Å²) in [5.74, 6) is 0.291. The van der Waals surface area contributed by atoms with E-state index in [-0.39, 0.29) is 30.8 Å². The molecule has 1 saturated heterocycles. The first-order valence-corrected chi connectivity index (χ1v) is 7.27. The van der Waals surface area contributed by atoms with Gasteiger partial charge in [0.2, 0.25) is 0 Å². The summed E-state index contributed by atoms with van der Waals surface area (Å²) in [6.45, 7) is 1.99. The molecule has 2 heterocycles. The molecular weight excluding hydrogens is 322 g/mol. The predicted molar refractivity (Wildman–Crippen MR) is 87.4 cm³/mol. The minimum absolute atomic E-state index is 0. The Bertz CT molecular complexity index is 610. The Morgan fingerprint density at radius 2 is 2.22 bits per heavy atom. The third-order valence-electron chi connectivity index (χ3n) is 3.95. The molecule has 1 unspecified atom stereocenters. The van der Waals surface area contributed by atoms with Crippen LogP contribution in [0.4, 0.5) is 5.69 Å². The number of hydrogen-bond acceptors (Lipinski definition) is 5. The molecular formula is C15H20ClN3O4. The number of benzene rings is 1. The lowest BCUT2D eigenvalue weighted by atomic mass is 10.1. The van der Waals surface area contributed by atoms with Crippen molar-refractivity contribution in [2.24, 2.45) is 0 Å². The molecule has 7 nitrogen and oxygen atoms in total. The second kappa shape index (κ2) is 7.16. The lowest BCUT2D eigenvalue weighted by Gasteiger charge is -2.27. The molecule has 1 aromatic rings. The molecule has 0 aliphatic carbocycles. The molecule has 0 radical (unpaired) electrons. The number of carbonyl (C=O) groups excluding carboxylic acids is 2. The van der Waals surface area contributed by atoms with Gasteiger partial charge in [0.1, 0.15) is 5.75 Å². The highest BCUT2D eigenvalue weighted by molar-refractivity contribution is 6.01. The van der Waals surface area contributed by atoms with Crippen LogP contribution in [0.15, 0.2) is 18.2 Å². The molecule has 2 amide bonds. The van der Waals surface area contributed by atoms with Crippen LogP contribution in [0.2, 0.25) is 0 Å². The Morgan fingerprint density at radius 1 is 1.43 bits per heavy atom. The molecule has 2 aliphatic heterocycles. The molecule has 126 valence electrons. The van der Waals surface area contributed by atoms with Crippen molar-refractivity contribution >= 4 is 29.9 Å². The number of carbonyl (C=O) groups is 2. The predicted octanol–water partition coefficient (Wildman–Crippen LogP) is -0.130. The number of nitrogens with zero attached hydrogens (tertiary/aromatic N) is 2. The van der Waals surface area contributed by atoms with Crippen LogP contribution < -0.4 is 15.0 Å². The normalized spacial score (nSPS) is 21.0. The maximum absolute atomic E-state index is 12.6. The number of amides is 2. The fraction of sp³-hybridized carbons (Fsp3) is 0.467. The van der Waals surface area contributed by atoms with Gasteiger partial charge in [-0.3, -0.25) is 9.59 Å². The summed E-state index contributed by atoms with van der Waals surface area (Å²) in [6.07, 6.45) is -0.573. The van der Waals surface area contributed by atoms with Gasteiger partial charge in [-0.15, -0.1) is 12.4 Å². The summed E-state index contributed by atoms with van der Waals surface area (Å²) in [6, 6.07) is 5.06. The van der Waals surface area contributed by atoms with Gasteiger partial charge < -0.3 is 25.0 Å². The van der Waals surface area contributed by atoms with Crippen molar-refractivity contribution in [1.29, 1.82) is 0 Å². The number of aliphatic hydroxyl groups excluding tert-OH is 1. The third kappa shape index (κ3) is 3.57. The molecule has 0 spiro atoms. The average Bonchev–Trinajstić information content (AvgIpc) is 2.74. The summed E-state index contributed by atoms with van der Waals surface area (Å²) < 4.78 is 5.36. The number of halogens is 1. The summed E-state index contributed by atoms with van der Waals surface area (Å²) in [4.78, 5) is 27.4. The van der Waals surface area contributed by atoms with Gasteiger partial charge in [0.15, 0.2) is 6.61 Å². The van der Waals surface area contributed by atoms with Gasteiger partial charge in [-0.05, 0) is 18.2 Å². The Kier molecular flexibility index (Phi) is 5.46. The van der Waals surface area contributed by atoms with E-state index in [1.54, 1.807) is 30.1 Å². The van der Waals surface area contributed by atoms with Gasteiger partial charge in [0, 0.05) is 38.8 Å². The highest BCUT2D eigenvalue weighted by Crippen LogP contribution is 2.32. The third-order valence-corrected chi connectivity index (χ3v) is 3.95. The first-order chi connectivity index (χ1) is 10.6. The van der Waals surface area contributed by atoms with Crippen molar-refractivity contribution in [3.63, 3.8) is 0 Å². The SMILES string of the molecule is CN1C(=O)COc2ccc(C(=O)N3CCNCC(O)C3)cc21.Cl. The zero-order valence-corrected chi connectivity index (χ0v) is 13.6. The van der Waals surface area contributed by atoms with E-state index in [4.69, 9.17) is 4.74 Å². The van der Waals surface area contributed by atoms with E-state index < -0.39 is 6.10 Å². The van der Waals surface area contributed by atoms with E-state index in [1.165, 1.54) is 4.90 Å². The molecule has 1 atom stereocenters. The highest BCUT2D eigenvalue weighted by Gasteiger charge is 2.26. The zero-order chi connectivity index (χ0) is 15.7. The molecule has 2 N–H and O–H groups in total. The number of nitrogens with one attached hydrogen (secondary N) is 1. The molecule has 0 saturated carbocycles. The number of fused-ring (bicyclic) bond motifs is 1. The average molecular weight is 342 g/mol. The van der Waals surface area contributed by atoms with Crippen molar-refractivity contribution < 1.29 is 19.4 Å². The first kappa shape index (κ1) is 17.5. The summed E-state index contributed by atoms with van der Waals surface area (Å²) in [7, 11) is 1.66. The largest absolute Gasteiger partial charge is 0.482 e. The van der Waals surface area contributed by atoms with Gasteiger partial charge in [0.25, 0.3) is 11.8 Å². The molecule has 3 rings (SSSR count). The van der Waals surface area contributed by atoms with E-state index >= 15 is 0 Å². The van der Waals surface area contributed by atoms with Crippen LogP contribution in [0, 0.1) is 0 Å². The zero-order valence-electron chi connectivity index (χ0n) is 12.8. The molecule has 0 aromatic heterocycles. The van der Waals surface area contributed by atoms with E-state index in [1.807, 2.05) is 0 Å². The molecule has 0 bridgehead atoms. The molecule has 1 fully saturated rings. The fourth-order valence-electron chi connectivity index (χ4n) is 2.67. The van der Waals surface area contributed by atoms with Gasteiger partial charge in [0.05, 0.1) is 11.8 Å². The second-order valence-electron chi connectivity index (χ2n) is 5.53. The molecule has 23 heavy (non-hydrogen) atoms. The summed E-state index contributed by atoms with van der Waals surface area (Å²) in [5.41, 5.74) is 1.08. The van der Waals surface area contributed by atoms with Gasteiger partial charge in [-0.25, -0.2) is 0 Å². The topological polar surface area (TPSA) is 82.1 Å². The van der Waals surface area contributed by atoms with Crippen LogP contribution in [-0.2, 0) is 4.79 Å². The Morgan fingerprint density at radius 3 is 3.00 bits per heavy atom. The Balaban J connectivity index is 0.00000192. The van der Waals surface area contributed by atoms with Crippen LogP contribution in [-0.4, -0.2) is 67.8 Å². The number of ether oxygens (including phenoxy) is 1. The maximum atomic E-state index is 12.6. The number of β-amino-alcohol motifs (C(OH)–C–C–N with tert-alkyl or cyclic N) is 1. The monoisotopic (exact) mass is 341 g/mol. The quantitative estimate of drug-likeness (QED) is 0.743. The fourth-order valence-corrected chi connectivity index (χ4v) is 2.67. The van der Waals surface area contributed by atoms with Gasteiger partial charge in [-0.2, -0.15) is 0 Å². The van der Waals surface area contributed by atoms with Crippen molar-refractivity contribution in [3.05, 3.63) is 23.8 Å². The lowest BCUT2D eigenvalue weighted by Crippen LogP contribution is -2.38. The first-order valence-electron chi connectivity index (χ1n) is 7.27. The van der Waals surface area contributed by atoms with Crippen molar-refractivity contribution in [2.75, 3.05) is 44.7 Å². The van der Waals surface area contributed by atoms with Crippen molar-refractivity contribution in [2.45, 2.75) is 6.10 Å². The van der Waals surface area contributed by atoms with Crippen molar-refractivity contribution in [3.8, 4) is 5.75 Å². The molecule has 8 heteroatoms. The van der Waals surface area contributed by atoms with E-state index in [2.05, 4.69) is 5.32 Å². The smallest absolute Gasteiger partial charge is 0.264 e. The Labute approximate surface area is 140 Å². The summed E-state index contributed by atoms with van der Waals surface area (Å²) >= 11 is 0. The summed E-state index contributed by atoms with van der Waals surface area (Å²) in [5, 5.41) is 12.9. The van der Waals surface area contributed by atoms with Crippen LogP contribution in [0.5, 0.6) is 5.75 Å². The minimum Gasteiger partial charge on any atom is -0.482 e.